The molecule has 0 amide bonds. The molecule has 1 aliphatic heterocycles. The molecule has 2 heteroatoms. The molecule has 1 heterocycles. The summed E-state index contributed by atoms with van der Waals surface area (Å²) in [6.45, 7) is 7.72. The Bertz CT molecular complexity index is 290. The van der Waals surface area contributed by atoms with Gasteiger partial charge < -0.3 is 5.32 Å². The zero-order valence-electron chi connectivity index (χ0n) is 13.5. The first-order chi connectivity index (χ1) is 9.75. The van der Waals surface area contributed by atoms with Gasteiger partial charge in [-0.2, -0.15) is 0 Å². The maximum atomic E-state index is 3.83. The highest BCUT2D eigenvalue weighted by atomic mass is 15.2. The smallest absolute Gasteiger partial charge is 0.0223 e. The van der Waals surface area contributed by atoms with E-state index in [9.17, 15) is 0 Å². The third-order valence-electron chi connectivity index (χ3n) is 6.17. The molecule has 0 aromatic heterocycles. The third kappa shape index (κ3) is 3.76. The maximum Gasteiger partial charge on any atom is 0.0223 e. The molecule has 3 fully saturated rings. The van der Waals surface area contributed by atoms with Crippen molar-refractivity contribution in [1.82, 2.24) is 10.2 Å². The Balaban J connectivity index is 1.52. The minimum atomic E-state index is 0.618. The number of nitrogens with zero attached hydrogens (tertiary/aromatic N) is 1. The van der Waals surface area contributed by atoms with Crippen LogP contribution in [-0.4, -0.2) is 37.1 Å². The minimum Gasteiger partial charge on any atom is -0.311 e. The van der Waals surface area contributed by atoms with Crippen molar-refractivity contribution >= 4 is 0 Å². The SMILES string of the molecule is CC1(CN2CCNC(C3CCCCC3)C2)CCCCC1. The van der Waals surface area contributed by atoms with Gasteiger partial charge in [0, 0.05) is 32.2 Å². The van der Waals surface area contributed by atoms with Crippen LogP contribution in [0.2, 0.25) is 0 Å². The van der Waals surface area contributed by atoms with Gasteiger partial charge in [-0.3, -0.25) is 4.90 Å². The summed E-state index contributed by atoms with van der Waals surface area (Å²) in [6.07, 6.45) is 14.7. The first-order valence-corrected chi connectivity index (χ1v) is 9.21. The van der Waals surface area contributed by atoms with Crippen LogP contribution in [0, 0.1) is 11.3 Å². The van der Waals surface area contributed by atoms with Gasteiger partial charge in [-0.1, -0.05) is 45.4 Å². The first-order valence-electron chi connectivity index (χ1n) is 9.21. The molecule has 1 atom stereocenters. The normalized spacial score (nSPS) is 33.1. The van der Waals surface area contributed by atoms with Gasteiger partial charge in [0.05, 0.1) is 0 Å². The predicted molar refractivity (Wildman–Crippen MR) is 86.0 cm³/mol. The van der Waals surface area contributed by atoms with Crippen LogP contribution in [0.15, 0.2) is 0 Å². The van der Waals surface area contributed by atoms with E-state index in [-0.39, 0.29) is 0 Å². The fourth-order valence-corrected chi connectivity index (χ4v) is 4.94. The zero-order valence-corrected chi connectivity index (χ0v) is 13.5. The Hall–Kier alpha value is -0.0800. The minimum absolute atomic E-state index is 0.618. The largest absolute Gasteiger partial charge is 0.311 e. The molecule has 0 radical (unpaired) electrons. The van der Waals surface area contributed by atoms with E-state index in [2.05, 4.69) is 17.1 Å². The molecule has 0 aromatic rings. The highest BCUT2D eigenvalue weighted by molar-refractivity contribution is 4.89. The third-order valence-corrected chi connectivity index (χ3v) is 6.17. The maximum absolute atomic E-state index is 3.83. The average Bonchev–Trinajstić information content (AvgIpc) is 2.49. The summed E-state index contributed by atoms with van der Waals surface area (Å²) in [5.74, 6) is 0.964. The zero-order chi connectivity index (χ0) is 13.8. The average molecular weight is 278 g/mol. The number of hydrogen-bond donors (Lipinski definition) is 1. The lowest BCUT2D eigenvalue weighted by Gasteiger charge is -2.44. The van der Waals surface area contributed by atoms with Crippen molar-refractivity contribution in [1.29, 1.82) is 0 Å². The summed E-state index contributed by atoms with van der Waals surface area (Å²) in [5, 5.41) is 3.83. The molecule has 1 unspecified atom stereocenters. The van der Waals surface area contributed by atoms with Gasteiger partial charge in [0.1, 0.15) is 0 Å². The summed E-state index contributed by atoms with van der Waals surface area (Å²) < 4.78 is 0. The van der Waals surface area contributed by atoms with Crippen molar-refractivity contribution in [3.05, 3.63) is 0 Å². The van der Waals surface area contributed by atoms with E-state index in [1.165, 1.54) is 90.4 Å². The lowest BCUT2D eigenvalue weighted by atomic mass is 9.75. The first kappa shape index (κ1) is 14.8. The highest BCUT2D eigenvalue weighted by Gasteiger charge is 2.33. The van der Waals surface area contributed by atoms with Crippen LogP contribution >= 0.6 is 0 Å². The van der Waals surface area contributed by atoms with Crippen molar-refractivity contribution in [3.63, 3.8) is 0 Å². The monoisotopic (exact) mass is 278 g/mol. The van der Waals surface area contributed by atoms with E-state index in [0.717, 1.165) is 12.0 Å². The summed E-state index contributed by atoms with van der Waals surface area (Å²) in [6, 6.07) is 0.788. The van der Waals surface area contributed by atoms with Gasteiger partial charge in [-0.15, -0.1) is 0 Å². The van der Waals surface area contributed by atoms with Crippen LogP contribution in [0.25, 0.3) is 0 Å². The molecule has 2 aliphatic carbocycles. The molecule has 2 nitrogen and oxygen atoms in total. The Labute approximate surface area is 125 Å². The lowest BCUT2D eigenvalue weighted by molar-refractivity contribution is 0.0800. The molecule has 1 saturated heterocycles. The van der Waals surface area contributed by atoms with Crippen molar-refractivity contribution in [2.75, 3.05) is 26.2 Å². The fraction of sp³-hybridized carbons (Fsp3) is 1.00. The lowest BCUT2D eigenvalue weighted by Crippen LogP contribution is -2.55. The van der Waals surface area contributed by atoms with Crippen molar-refractivity contribution < 1.29 is 0 Å². The van der Waals surface area contributed by atoms with Crippen molar-refractivity contribution in [2.24, 2.45) is 11.3 Å². The molecular weight excluding hydrogens is 244 g/mol. The van der Waals surface area contributed by atoms with E-state index < -0.39 is 0 Å². The van der Waals surface area contributed by atoms with Crippen LogP contribution in [-0.2, 0) is 0 Å². The number of rotatable bonds is 3. The van der Waals surface area contributed by atoms with Gasteiger partial charge in [0.2, 0.25) is 0 Å². The molecule has 0 bridgehead atoms. The molecule has 1 N–H and O–H groups in total. The van der Waals surface area contributed by atoms with Crippen LogP contribution in [0.5, 0.6) is 0 Å². The Morgan fingerprint density at radius 3 is 2.45 bits per heavy atom. The molecular formula is C18H34N2. The van der Waals surface area contributed by atoms with E-state index in [4.69, 9.17) is 0 Å². The molecule has 20 heavy (non-hydrogen) atoms. The summed E-state index contributed by atoms with van der Waals surface area (Å²) in [4.78, 5) is 2.79. The van der Waals surface area contributed by atoms with Gasteiger partial charge in [-0.05, 0) is 37.0 Å². The second-order valence-electron chi connectivity index (χ2n) is 8.07. The molecule has 116 valence electrons. The highest BCUT2D eigenvalue weighted by Crippen LogP contribution is 2.37. The van der Waals surface area contributed by atoms with Gasteiger partial charge in [0.15, 0.2) is 0 Å². The van der Waals surface area contributed by atoms with Crippen LogP contribution in [0.1, 0.15) is 71.1 Å². The van der Waals surface area contributed by atoms with Crippen molar-refractivity contribution in [3.8, 4) is 0 Å². The second-order valence-corrected chi connectivity index (χ2v) is 8.07. The Morgan fingerprint density at radius 2 is 1.70 bits per heavy atom. The number of hydrogen-bond acceptors (Lipinski definition) is 2. The Morgan fingerprint density at radius 1 is 1.00 bits per heavy atom. The summed E-state index contributed by atoms with van der Waals surface area (Å²) in [7, 11) is 0. The van der Waals surface area contributed by atoms with Crippen LogP contribution < -0.4 is 5.32 Å². The predicted octanol–water partition coefficient (Wildman–Crippen LogP) is 3.81. The molecule has 0 aromatic carbocycles. The molecule has 2 saturated carbocycles. The quantitative estimate of drug-likeness (QED) is 0.844. The van der Waals surface area contributed by atoms with E-state index in [1.807, 2.05) is 0 Å². The molecule has 3 aliphatic rings. The molecule has 3 rings (SSSR count). The number of piperazine rings is 1. The number of nitrogens with one attached hydrogen (secondary N) is 1. The van der Waals surface area contributed by atoms with E-state index >= 15 is 0 Å². The van der Waals surface area contributed by atoms with E-state index in [0.29, 0.717) is 5.41 Å². The van der Waals surface area contributed by atoms with Crippen molar-refractivity contribution in [2.45, 2.75) is 77.2 Å². The van der Waals surface area contributed by atoms with Gasteiger partial charge in [-0.25, -0.2) is 0 Å². The standard InChI is InChI=1S/C18H34N2/c1-18(10-6-3-7-11-18)15-20-13-12-19-17(14-20)16-8-4-2-5-9-16/h16-17,19H,2-15H2,1H3. The van der Waals surface area contributed by atoms with Gasteiger partial charge in [0.25, 0.3) is 0 Å². The van der Waals surface area contributed by atoms with Crippen LogP contribution in [0.4, 0.5) is 0 Å². The fourth-order valence-electron chi connectivity index (χ4n) is 4.94. The van der Waals surface area contributed by atoms with Gasteiger partial charge >= 0.3 is 0 Å². The van der Waals surface area contributed by atoms with Crippen LogP contribution in [0.3, 0.4) is 0 Å². The molecule has 0 spiro atoms. The Kier molecular flexibility index (Phi) is 5.04. The summed E-state index contributed by atoms with van der Waals surface area (Å²) in [5.41, 5.74) is 0.618. The topological polar surface area (TPSA) is 15.3 Å². The second kappa shape index (κ2) is 6.79. The summed E-state index contributed by atoms with van der Waals surface area (Å²) >= 11 is 0. The van der Waals surface area contributed by atoms with E-state index in [1.54, 1.807) is 0 Å².